The molecule has 0 bridgehead atoms. The summed E-state index contributed by atoms with van der Waals surface area (Å²) < 4.78 is 13.4. The van der Waals surface area contributed by atoms with Gasteiger partial charge in [0.15, 0.2) is 0 Å². The minimum atomic E-state index is -0.457. The summed E-state index contributed by atoms with van der Waals surface area (Å²) >= 11 is 1.52. The molecule has 0 aliphatic carbocycles. The zero-order valence-corrected chi connectivity index (χ0v) is 8.90. The molecule has 15 heavy (non-hydrogen) atoms. The Labute approximate surface area is 89.7 Å². The number of para-hydroxylation sites is 1. The number of fused-ring (bicyclic) bond motifs is 1. The van der Waals surface area contributed by atoms with Crippen LogP contribution in [0.3, 0.4) is 0 Å². The van der Waals surface area contributed by atoms with Crippen molar-refractivity contribution in [3.8, 4) is 0 Å². The predicted octanol–water partition coefficient (Wildman–Crippen LogP) is 1.93. The molecule has 1 aromatic heterocycles. The lowest BCUT2D eigenvalue weighted by atomic mass is 10.2. The van der Waals surface area contributed by atoms with Crippen molar-refractivity contribution >= 4 is 22.7 Å². The first kappa shape index (κ1) is 10.2. The summed E-state index contributed by atoms with van der Waals surface area (Å²) in [5, 5.41) is 0.292. The van der Waals surface area contributed by atoms with Crippen molar-refractivity contribution in [1.82, 2.24) is 9.97 Å². The Balaban J connectivity index is 2.74. The smallest absolute Gasteiger partial charge is 0.258 e. The van der Waals surface area contributed by atoms with E-state index in [0.717, 1.165) is 0 Å². The minimum Gasteiger partial charge on any atom is -0.309 e. The van der Waals surface area contributed by atoms with Gasteiger partial charge in [0.25, 0.3) is 5.56 Å². The maximum absolute atomic E-state index is 13.4. The van der Waals surface area contributed by atoms with E-state index in [9.17, 15) is 9.18 Å². The lowest BCUT2D eigenvalue weighted by Crippen LogP contribution is -2.11. The van der Waals surface area contributed by atoms with Crippen molar-refractivity contribution < 1.29 is 4.39 Å². The van der Waals surface area contributed by atoms with Crippen molar-refractivity contribution in [3.05, 3.63) is 40.2 Å². The van der Waals surface area contributed by atoms with E-state index in [1.54, 1.807) is 6.07 Å². The Morgan fingerprint density at radius 3 is 3.07 bits per heavy atom. The highest BCUT2D eigenvalue weighted by molar-refractivity contribution is 7.97. The van der Waals surface area contributed by atoms with Crippen molar-refractivity contribution in [3.63, 3.8) is 0 Å². The number of nitrogens with one attached hydrogen (secondary N) is 1. The fourth-order valence-corrected chi connectivity index (χ4v) is 1.79. The van der Waals surface area contributed by atoms with Crippen LogP contribution in [0.4, 0.5) is 4.39 Å². The van der Waals surface area contributed by atoms with Gasteiger partial charge in [0.2, 0.25) is 0 Å². The van der Waals surface area contributed by atoms with Crippen LogP contribution in [0.5, 0.6) is 0 Å². The first-order valence-corrected chi connectivity index (χ1v) is 5.78. The van der Waals surface area contributed by atoms with E-state index in [4.69, 9.17) is 0 Å². The van der Waals surface area contributed by atoms with E-state index < -0.39 is 5.82 Å². The molecule has 0 spiro atoms. The van der Waals surface area contributed by atoms with Crippen LogP contribution in [0.2, 0.25) is 0 Å². The fourth-order valence-electron chi connectivity index (χ4n) is 1.38. The van der Waals surface area contributed by atoms with Gasteiger partial charge >= 0.3 is 0 Å². The van der Waals surface area contributed by atoms with Crippen molar-refractivity contribution in [2.75, 3.05) is 6.26 Å². The van der Waals surface area contributed by atoms with Gasteiger partial charge in [-0.15, -0.1) is 0 Å². The number of nitrogens with zero attached hydrogens (tertiary/aromatic N) is 1. The van der Waals surface area contributed by atoms with E-state index in [0.29, 0.717) is 17.0 Å². The average molecular weight is 224 g/mol. The first-order chi connectivity index (χ1) is 7.22. The average Bonchev–Trinajstić information content (AvgIpc) is 2.20. The lowest BCUT2D eigenvalue weighted by Gasteiger charge is -2.01. The number of thioether (sulfide) groups is 1. The quantitative estimate of drug-likeness (QED) is 0.847. The SMILES string of the molecule is CSCc1nc2c(F)cccc2c(=O)[nH]1. The number of H-pyrrole nitrogens is 1. The van der Waals surface area contributed by atoms with E-state index >= 15 is 0 Å². The van der Waals surface area contributed by atoms with E-state index in [-0.39, 0.29) is 11.1 Å². The molecule has 0 saturated heterocycles. The van der Waals surface area contributed by atoms with Crippen LogP contribution in [0.1, 0.15) is 5.82 Å². The summed E-state index contributed by atoms with van der Waals surface area (Å²) in [6.07, 6.45) is 1.89. The number of hydrogen-bond acceptors (Lipinski definition) is 3. The molecule has 0 radical (unpaired) electrons. The predicted molar refractivity (Wildman–Crippen MR) is 59.5 cm³/mol. The van der Waals surface area contributed by atoms with Crippen LogP contribution in [-0.2, 0) is 5.75 Å². The third-order valence-corrected chi connectivity index (χ3v) is 2.58. The summed E-state index contributed by atoms with van der Waals surface area (Å²) in [6, 6.07) is 4.37. The van der Waals surface area contributed by atoms with Gasteiger partial charge in [-0.2, -0.15) is 11.8 Å². The minimum absolute atomic E-state index is 0.144. The van der Waals surface area contributed by atoms with Gasteiger partial charge in [-0.3, -0.25) is 4.79 Å². The maximum atomic E-state index is 13.4. The highest BCUT2D eigenvalue weighted by Crippen LogP contribution is 2.12. The molecule has 2 aromatic rings. The summed E-state index contributed by atoms with van der Waals surface area (Å²) in [5.74, 6) is 0.616. The second-order valence-electron chi connectivity index (χ2n) is 3.08. The Morgan fingerprint density at radius 2 is 2.33 bits per heavy atom. The molecule has 0 aliphatic rings. The van der Waals surface area contributed by atoms with Gasteiger partial charge in [0, 0.05) is 0 Å². The Kier molecular flexibility index (Phi) is 2.73. The number of aromatic nitrogens is 2. The van der Waals surface area contributed by atoms with Crippen LogP contribution >= 0.6 is 11.8 Å². The molecule has 2 rings (SSSR count). The third kappa shape index (κ3) is 1.87. The van der Waals surface area contributed by atoms with Crippen LogP contribution in [0, 0.1) is 5.82 Å². The molecule has 1 heterocycles. The van der Waals surface area contributed by atoms with Gasteiger partial charge in [0.05, 0.1) is 11.1 Å². The molecule has 0 amide bonds. The highest BCUT2D eigenvalue weighted by atomic mass is 32.2. The molecule has 0 unspecified atom stereocenters. The lowest BCUT2D eigenvalue weighted by molar-refractivity contribution is 0.635. The fraction of sp³-hybridized carbons (Fsp3) is 0.200. The number of rotatable bonds is 2. The maximum Gasteiger partial charge on any atom is 0.258 e. The van der Waals surface area contributed by atoms with Crippen molar-refractivity contribution in [1.29, 1.82) is 0 Å². The first-order valence-electron chi connectivity index (χ1n) is 4.38. The standard InChI is InChI=1S/C10H9FN2OS/c1-15-5-8-12-9-6(10(14)13-8)3-2-4-7(9)11/h2-4H,5H2,1H3,(H,12,13,14). The molecule has 0 aliphatic heterocycles. The zero-order valence-electron chi connectivity index (χ0n) is 8.08. The van der Waals surface area contributed by atoms with Crippen LogP contribution in [-0.4, -0.2) is 16.2 Å². The molecule has 1 aromatic carbocycles. The number of aromatic amines is 1. The molecule has 5 heteroatoms. The van der Waals surface area contributed by atoms with Gasteiger partial charge < -0.3 is 4.98 Å². The van der Waals surface area contributed by atoms with E-state index in [2.05, 4.69) is 9.97 Å². The van der Waals surface area contributed by atoms with Gasteiger partial charge in [0.1, 0.15) is 17.2 Å². The normalized spacial score (nSPS) is 10.8. The molecule has 3 nitrogen and oxygen atoms in total. The Hall–Kier alpha value is -1.36. The molecule has 0 fully saturated rings. The van der Waals surface area contributed by atoms with Crippen LogP contribution in [0.25, 0.3) is 10.9 Å². The molecule has 1 N–H and O–H groups in total. The Morgan fingerprint density at radius 1 is 1.53 bits per heavy atom. The largest absolute Gasteiger partial charge is 0.309 e. The molecule has 0 saturated carbocycles. The molecule has 78 valence electrons. The van der Waals surface area contributed by atoms with Crippen molar-refractivity contribution in [2.45, 2.75) is 5.75 Å². The monoisotopic (exact) mass is 224 g/mol. The van der Waals surface area contributed by atoms with Crippen molar-refractivity contribution in [2.24, 2.45) is 0 Å². The second-order valence-corrected chi connectivity index (χ2v) is 3.95. The van der Waals surface area contributed by atoms with E-state index in [1.807, 2.05) is 6.26 Å². The molecular weight excluding hydrogens is 215 g/mol. The van der Waals surface area contributed by atoms with Crippen LogP contribution < -0.4 is 5.56 Å². The zero-order chi connectivity index (χ0) is 10.8. The second kappa shape index (κ2) is 4.02. The summed E-state index contributed by atoms with van der Waals surface area (Å²) in [6.45, 7) is 0. The van der Waals surface area contributed by atoms with E-state index in [1.165, 1.54) is 23.9 Å². The summed E-state index contributed by atoms with van der Waals surface area (Å²) in [7, 11) is 0. The molecular formula is C10H9FN2OS. The Bertz CT molecular complexity index is 553. The van der Waals surface area contributed by atoms with Gasteiger partial charge in [-0.05, 0) is 18.4 Å². The summed E-state index contributed by atoms with van der Waals surface area (Å²) in [5.41, 5.74) is -0.145. The topological polar surface area (TPSA) is 45.8 Å². The highest BCUT2D eigenvalue weighted by Gasteiger charge is 2.06. The number of benzene rings is 1. The van der Waals surface area contributed by atoms with Gasteiger partial charge in [-0.1, -0.05) is 6.07 Å². The third-order valence-electron chi connectivity index (χ3n) is 2.02. The summed E-state index contributed by atoms with van der Waals surface area (Å²) in [4.78, 5) is 18.3. The van der Waals surface area contributed by atoms with Crippen LogP contribution in [0.15, 0.2) is 23.0 Å². The molecule has 0 atom stereocenters. The van der Waals surface area contributed by atoms with Gasteiger partial charge in [-0.25, -0.2) is 9.37 Å². The number of hydrogen-bond donors (Lipinski definition) is 1. The number of halogens is 1.